The van der Waals surface area contributed by atoms with Crippen molar-refractivity contribution in [1.29, 1.82) is 0 Å². The molecule has 0 bridgehead atoms. The van der Waals surface area contributed by atoms with Crippen LogP contribution >= 0.6 is 0 Å². The summed E-state index contributed by atoms with van der Waals surface area (Å²) in [4.78, 5) is 41.4. The molecule has 1 aliphatic heterocycles. The first-order chi connectivity index (χ1) is 16.8. The van der Waals surface area contributed by atoms with Gasteiger partial charge in [0.1, 0.15) is 5.82 Å². The lowest BCUT2D eigenvalue weighted by molar-refractivity contribution is -0.151. The predicted molar refractivity (Wildman–Crippen MR) is 133 cm³/mol. The molecule has 0 unspecified atom stereocenters. The van der Waals surface area contributed by atoms with Crippen LogP contribution in [-0.2, 0) is 32.1 Å². The summed E-state index contributed by atoms with van der Waals surface area (Å²) in [6.45, 7) is 7.49. The van der Waals surface area contributed by atoms with Crippen molar-refractivity contribution in [3.63, 3.8) is 0 Å². The quantitative estimate of drug-likeness (QED) is 0.484. The van der Waals surface area contributed by atoms with Crippen LogP contribution in [0.25, 0.3) is 0 Å². The Morgan fingerprint density at radius 1 is 1.06 bits per heavy atom. The molecule has 2 aromatic carbocycles. The first-order valence-electron chi connectivity index (χ1n) is 12.3. The highest BCUT2D eigenvalue weighted by Crippen LogP contribution is 2.23. The van der Waals surface area contributed by atoms with E-state index in [-0.39, 0.29) is 41.9 Å². The Morgan fingerprint density at radius 2 is 1.71 bits per heavy atom. The third kappa shape index (κ3) is 7.64. The van der Waals surface area contributed by atoms with Crippen LogP contribution in [0.2, 0.25) is 0 Å². The van der Waals surface area contributed by atoms with Crippen molar-refractivity contribution >= 4 is 23.5 Å². The second-order valence-corrected chi connectivity index (χ2v) is 9.48. The molecule has 3 rings (SSSR count). The highest BCUT2D eigenvalue weighted by molar-refractivity contribution is 5.93. The van der Waals surface area contributed by atoms with E-state index in [0.717, 1.165) is 29.7 Å². The van der Waals surface area contributed by atoms with Crippen molar-refractivity contribution in [2.45, 2.75) is 53.0 Å². The molecule has 2 amide bonds. The summed E-state index contributed by atoms with van der Waals surface area (Å²) in [5.74, 6) is -0.635. The van der Waals surface area contributed by atoms with Crippen molar-refractivity contribution in [1.82, 2.24) is 4.90 Å². The van der Waals surface area contributed by atoms with Crippen molar-refractivity contribution in [3.05, 3.63) is 65.5 Å². The van der Waals surface area contributed by atoms with E-state index in [1.54, 1.807) is 28.9 Å². The average Bonchev–Trinajstić information content (AvgIpc) is 2.84. The minimum Gasteiger partial charge on any atom is -0.466 e. The van der Waals surface area contributed by atoms with Gasteiger partial charge in [-0.1, -0.05) is 38.1 Å². The molecule has 1 heterocycles. The SMILES string of the molecule is CCOC(=O)[C@H]1CCCN(C(=O)Cc2ccc(N(Cc3ccc(F)cc3)C(=O)CC(C)C)cc2)C1. The van der Waals surface area contributed by atoms with E-state index in [1.807, 2.05) is 38.1 Å². The number of benzene rings is 2. The summed E-state index contributed by atoms with van der Waals surface area (Å²) in [6, 6.07) is 13.6. The summed E-state index contributed by atoms with van der Waals surface area (Å²) < 4.78 is 18.4. The largest absolute Gasteiger partial charge is 0.466 e. The zero-order valence-electron chi connectivity index (χ0n) is 20.8. The highest BCUT2D eigenvalue weighted by atomic mass is 19.1. The number of likely N-dealkylation sites (tertiary alicyclic amines) is 1. The van der Waals surface area contributed by atoms with E-state index < -0.39 is 0 Å². The van der Waals surface area contributed by atoms with Crippen LogP contribution in [0.15, 0.2) is 48.5 Å². The van der Waals surface area contributed by atoms with Gasteiger partial charge in [-0.3, -0.25) is 14.4 Å². The molecule has 2 aromatic rings. The minimum absolute atomic E-state index is 0.00789. The Hall–Kier alpha value is -3.22. The average molecular weight is 483 g/mol. The summed E-state index contributed by atoms with van der Waals surface area (Å²) in [5.41, 5.74) is 2.41. The van der Waals surface area contributed by atoms with Gasteiger partial charge in [-0.15, -0.1) is 0 Å². The van der Waals surface area contributed by atoms with Gasteiger partial charge < -0.3 is 14.5 Å². The van der Waals surface area contributed by atoms with E-state index in [9.17, 15) is 18.8 Å². The topological polar surface area (TPSA) is 66.9 Å². The summed E-state index contributed by atoms with van der Waals surface area (Å²) >= 11 is 0. The lowest BCUT2D eigenvalue weighted by atomic mass is 9.97. The maximum Gasteiger partial charge on any atom is 0.310 e. The van der Waals surface area contributed by atoms with Gasteiger partial charge in [0.2, 0.25) is 11.8 Å². The third-order valence-electron chi connectivity index (χ3n) is 6.14. The lowest BCUT2D eigenvalue weighted by Crippen LogP contribution is -2.43. The van der Waals surface area contributed by atoms with Crippen LogP contribution in [-0.4, -0.2) is 42.4 Å². The van der Waals surface area contributed by atoms with Crippen LogP contribution in [0, 0.1) is 17.7 Å². The standard InChI is InChI=1S/C28H35FN2O4/c1-4-35-28(34)23-6-5-15-30(19-23)26(32)17-21-9-13-25(14-10-21)31(27(33)16-20(2)3)18-22-7-11-24(29)12-8-22/h7-14,20,23H,4-6,15-19H2,1-3H3/t23-/m0/s1. The minimum atomic E-state index is -0.315. The zero-order chi connectivity index (χ0) is 25.4. The van der Waals surface area contributed by atoms with Gasteiger partial charge in [-0.05, 0) is 61.1 Å². The van der Waals surface area contributed by atoms with Gasteiger partial charge in [0, 0.05) is 25.2 Å². The number of anilines is 1. The number of amides is 2. The van der Waals surface area contributed by atoms with Gasteiger partial charge >= 0.3 is 5.97 Å². The molecule has 35 heavy (non-hydrogen) atoms. The molecule has 7 heteroatoms. The van der Waals surface area contributed by atoms with Gasteiger partial charge in [-0.25, -0.2) is 4.39 Å². The van der Waals surface area contributed by atoms with Crippen molar-refractivity contribution in [3.8, 4) is 0 Å². The van der Waals surface area contributed by atoms with Crippen molar-refractivity contribution in [2.24, 2.45) is 11.8 Å². The van der Waals surface area contributed by atoms with Gasteiger partial charge in [0.05, 0.1) is 25.5 Å². The van der Waals surface area contributed by atoms with Crippen LogP contribution in [0.5, 0.6) is 0 Å². The molecule has 6 nitrogen and oxygen atoms in total. The molecule has 0 N–H and O–H groups in total. The van der Waals surface area contributed by atoms with E-state index in [0.29, 0.717) is 32.7 Å². The molecular formula is C28H35FN2O4. The number of carbonyl (C=O) groups excluding carboxylic acids is 3. The van der Waals surface area contributed by atoms with Crippen LogP contribution in [0.4, 0.5) is 10.1 Å². The molecule has 188 valence electrons. The van der Waals surface area contributed by atoms with Gasteiger partial charge in [-0.2, -0.15) is 0 Å². The zero-order valence-corrected chi connectivity index (χ0v) is 20.8. The monoisotopic (exact) mass is 482 g/mol. The number of hydrogen-bond donors (Lipinski definition) is 0. The number of esters is 1. The molecule has 0 saturated carbocycles. The molecule has 1 atom stereocenters. The normalized spacial score (nSPS) is 15.7. The first kappa shape index (κ1) is 26.4. The van der Waals surface area contributed by atoms with E-state index in [2.05, 4.69) is 0 Å². The number of ether oxygens (including phenoxy) is 1. The van der Waals surface area contributed by atoms with Crippen LogP contribution in [0.1, 0.15) is 51.2 Å². The number of halogens is 1. The van der Waals surface area contributed by atoms with Crippen molar-refractivity contribution in [2.75, 3.05) is 24.6 Å². The molecular weight excluding hydrogens is 447 g/mol. The van der Waals surface area contributed by atoms with E-state index >= 15 is 0 Å². The van der Waals surface area contributed by atoms with Crippen LogP contribution in [0.3, 0.4) is 0 Å². The summed E-state index contributed by atoms with van der Waals surface area (Å²) in [7, 11) is 0. The maximum atomic E-state index is 13.3. The molecule has 1 saturated heterocycles. The Bertz CT molecular complexity index is 1000. The van der Waals surface area contributed by atoms with Gasteiger partial charge in [0.15, 0.2) is 0 Å². The summed E-state index contributed by atoms with van der Waals surface area (Å²) in [6.07, 6.45) is 2.15. The predicted octanol–water partition coefficient (Wildman–Crippen LogP) is 4.75. The number of piperidine rings is 1. The van der Waals surface area contributed by atoms with E-state index in [1.165, 1.54) is 12.1 Å². The fraction of sp³-hybridized carbons (Fsp3) is 0.464. The number of rotatable bonds is 9. The molecule has 0 radical (unpaired) electrons. The Labute approximate surface area is 207 Å². The maximum absolute atomic E-state index is 13.3. The number of nitrogens with zero attached hydrogens (tertiary/aromatic N) is 2. The Kier molecular flexibility index (Phi) is 9.40. The Morgan fingerprint density at radius 3 is 2.34 bits per heavy atom. The second kappa shape index (κ2) is 12.5. The number of carbonyl (C=O) groups is 3. The second-order valence-electron chi connectivity index (χ2n) is 9.48. The molecule has 0 aliphatic carbocycles. The van der Waals surface area contributed by atoms with Crippen molar-refractivity contribution < 1.29 is 23.5 Å². The summed E-state index contributed by atoms with van der Waals surface area (Å²) in [5, 5.41) is 0. The number of hydrogen-bond acceptors (Lipinski definition) is 4. The smallest absolute Gasteiger partial charge is 0.310 e. The molecule has 0 aromatic heterocycles. The fourth-order valence-electron chi connectivity index (χ4n) is 4.29. The Balaban J connectivity index is 1.68. The molecule has 0 spiro atoms. The third-order valence-corrected chi connectivity index (χ3v) is 6.14. The molecule has 1 aliphatic rings. The highest BCUT2D eigenvalue weighted by Gasteiger charge is 2.29. The first-order valence-corrected chi connectivity index (χ1v) is 12.3. The van der Waals surface area contributed by atoms with E-state index in [4.69, 9.17) is 4.74 Å². The molecule has 1 fully saturated rings. The van der Waals surface area contributed by atoms with Gasteiger partial charge in [0.25, 0.3) is 0 Å². The van der Waals surface area contributed by atoms with Crippen LogP contribution < -0.4 is 4.90 Å². The lowest BCUT2D eigenvalue weighted by Gasteiger charge is -2.31. The fourth-order valence-corrected chi connectivity index (χ4v) is 4.29.